The average Bonchev–Trinajstić information content (AvgIpc) is 2.48. The van der Waals surface area contributed by atoms with Gasteiger partial charge in [-0.15, -0.1) is 0 Å². The molecule has 2 atom stereocenters. The molecule has 21 heavy (non-hydrogen) atoms. The lowest BCUT2D eigenvalue weighted by molar-refractivity contribution is -0.227. The van der Waals surface area contributed by atoms with Crippen LogP contribution < -0.4 is 10.4 Å². The van der Waals surface area contributed by atoms with Gasteiger partial charge in [-0.1, -0.05) is 0 Å². The van der Waals surface area contributed by atoms with Crippen LogP contribution in [0.5, 0.6) is 0 Å². The third kappa shape index (κ3) is 7.16. The summed E-state index contributed by atoms with van der Waals surface area (Å²) in [5.41, 5.74) is 0. The highest BCUT2D eigenvalue weighted by molar-refractivity contribution is 6.55. The van der Waals surface area contributed by atoms with Gasteiger partial charge in [-0.25, -0.2) is 0 Å². The predicted octanol–water partition coefficient (Wildman–Crippen LogP) is -0.101. The van der Waals surface area contributed by atoms with E-state index in [9.17, 15) is 4.79 Å². The molecule has 0 bridgehead atoms. The van der Waals surface area contributed by atoms with Crippen LogP contribution in [0.15, 0.2) is 12.2 Å². The summed E-state index contributed by atoms with van der Waals surface area (Å²) in [4.78, 5) is 14.6. The van der Waals surface area contributed by atoms with Crippen LogP contribution in [0.2, 0.25) is 6.04 Å². The fourth-order valence-electron chi connectivity index (χ4n) is 1.79. The van der Waals surface area contributed by atoms with E-state index in [0.29, 0.717) is 6.61 Å². The monoisotopic (exact) mass is 320 g/mol. The van der Waals surface area contributed by atoms with Crippen LogP contribution in [0.1, 0.15) is 13.3 Å². The molecule has 0 fully saturated rings. The second-order valence-corrected chi connectivity index (χ2v) is 6.67. The van der Waals surface area contributed by atoms with Crippen LogP contribution >= 0.6 is 0 Å². The first-order valence-corrected chi connectivity index (χ1v) is 8.89. The molecule has 0 saturated carbocycles. The van der Waals surface area contributed by atoms with E-state index in [1.165, 1.54) is 26.4 Å². The fraction of sp³-hybridized carbons (Fsp3) is 0.769. The van der Waals surface area contributed by atoms with Gasteiger partial charge in [-0.2, -0.15) is 0 Å². The van der Waals surface area contributed by atoms with Gasteiger partial charge in [0.05, 0.1) is 0 Å². The maximum Gasteiger partial charge on any atom is 0.236 e. The van der Waals surface area contributed by atoms with E-state index in [1.54, 1.807) is 21.1 Å². The number of methoxy groups -OCH3 is 4. The second kappa shape index (κ2) is 10.9. The molecule has 1 amide bonds. The zero-order valence-corrected chi connectivity index (χ0v) is 14.7. The minimum absolute atomic E-state index is 0.256. The quantitative estimate of drug-likeness (QED) is 0.239. The van der Waals surface area contributed by atoms with Crippen molar-refractivity contribution in [2.45, 2.75) is 31.3 Å². The van der Waals surface area contributed by atoms with E-state index in [0.717, 1.165) is 12.5 Å². The van der Waals surface area contributed by atoms with Crippen molar-refractivity contribution in [2.75, 3.05) is 35.0 Å². The Bertz CT molecular complexity index is 324. The molecule has 0 aliphatic heterocycles. The first-order valence-electron chi connectivity index (χ1n) is 6.83. The number of nitrogens with two attached hydrogens (primary N) is 1. The minimum atomic E-state index is -1.77. The van der Waals surface area contributed by atoms with Gasteiger partial charge in [0.15, 0.2) is 0 Å². The minimum Gasteiger partial charge on any atom is -0.385 e. The molecule has 0 spiro atoms. The lowest BCUT2D eigenvalue weighted by atomic mass is 10.1. The van der Waals surface area contributed by atoms with Gasteiger partial charge in [-0.3, -0.25) is 4.79 Å². The summed E-state index contributed by atoms with van der Waals surface area (Å²) in [5, 5.41) is 5.94. The van der Waals surface area contributed by atoms with Crippen molar-refractivity contribution in [1.29, 1.82) is 0 Å². The Hall–Kier alpha value is -0.773. The second-order valence-electron chi connectivity index (χ2n) is 4.59. The summed E-state index contributed by atoms with van der Waals surface area (Å²) in [6.45, 7) is 2.44. The summed E-state index contributed by atoms with van der Waals surface area (Å²) in [5.74, 6) is -1.36. The van der Waals surface area contributed by atoms with Crippen LogP contribution in [0.25, 0.3) is 0 Å². The molecule has 7 nitrogen and oxygen atoms in total. The SMILES string of the molecule is COCCC[SiH](N)NC(=O)C=CC(OC)(OC)C(C)OC. The number of carbonyl (C=O) groups is 1. The third-order valence-electron chi connectivity index (χ3n) is 3.22. The van der Waals surface area contributed by atoms with Gasteiger partial charge in [0.25, 0.3) is 0 Å². The molecule has 0 aliphatic rings. The fourth-order valence-corrected chi connectivity index (χ4v) is 3.01. The van der Waals surface area contributed by atoms with E-state index < -0.39 is 14.9 Å². The number of hydrogen-bond acceptors (Lipinski definition) is 6. The van der Waals surface area contributed by atoms with Crippen LogP contribution in [0.3, 0.4) is 0 Å². The van der Waals surface area contributed by atoms with Crippen molar-refractivity contribution >= 4 is 15.0 Å². The van der Waals surface area contributed by atoms with Gasteiger partial charge in [0, 0.05) is 41.1 Å². The van der Waals surface area contributed by atoms with Crippen molar-refractivity contribution in [3.8, 4) is 0 Å². The Morgan fingerprint density at radius 2 is 1.95 bits per heavy atom. The van der Waals surface area contributed by atoms with E-state index in [2.05, 4.69) is 4.98 Å². The first-order chi connectivity index (χ1) is 9.95. The van der Waals surface area contributed by atoms with Gasteiger partial charge in [0.2, 0.25) is 20.8 Å². The molecule has 0 aliphatic carbocycles. The third-order valence-corrected chi connectivity index (χ3v) is 4.90. The summed E-state index contributed by atoms with van der Waals surface area (Å²) in [7, 11) is 4.40. The molecule has 2 unspecified atom stereocenters. The highest BCUT2D eigenvalue weighted by Gasteiger charge is 2.34. The summed E-state index contributed by atoms with van der Waals surface area (Å²) in [6, 6.07) is 0.779. The topological polar surface area (TPSA) is 92.0 Å². The van der Waals surface area contributed by atoms with Gasteiger partial charge in [-0.05, 0) is 25.5 Å². The molecule has 0 heterocycles. The molecule has 0 radical (unpaired) electrons. The molecule has 8 heteroatoms. The molecular weight excluding hydrogens is 292 g/mol. The highest BCUT2D eigenvalue weighted by atomic mass is 28.3. The molecule has 3 N–H and O–H groups in total. The van der Waals surface area contributed by atoms with Crippen molar-refractivity contribution in [1.82, 2.24) is 4.98 Å². The lowest BCUT2D eigenvalue weighted by Crippen LogP contribution is -2.47. The van der Waals surface area contributed by atoms with E-state index in [-0.39, 0.29) is 12.0 Å². The highest BCUT2D eigenvalue weighted by Crippen LogP contribution is 2.20. The average molecular weight is 320 g/mol. The van der Waals surface area contributed by atoms with Gasteiger partial charge < -0.3 is 29.3 Å². The van der Waals surface area contributed by atoms with Gasteiger partial charge in [0.1, 0.15) is 6.10 Å². The van der Waals surface area contributed by atoms with Crippen LogP contribution in [-0.4, -0.2) is 62.0 Å². The molecule has 0 aromatic carbocycles. The molecule has 124 valence electrons. The smallest absolute Gasteiger partial charge is 0.236 e. The molecule has 0 aromatic heterocycles. The molecular formula is C13H28N2O5Si. The molecule has 0 saturated heterocycles. The van der Waals surface area contributed by atoms with E-state index in [4.69, 9.17) is 24.3 Å². The van der Waals surface area contributed by atoms with Crippen LogP contribution in [-0.2, 0) is 23.7 Å². The maximum atomic E-state index is 11.8. The summed E-state index contributed by atoms with van der Waals surface area (Å²) in [6.07, 6.45) is 3.37. The van der Waals surface area contributed by atoms with Crippen molar-refractivity contribution in [2.24, 2.45) is 5.40 Å². The van der Waals surface area contributed by atoms with Crippen LogP contribution in [0, 0.1) is 0 Å². The Balaban J connectivity index is 4.51. The summed E-state index contributed by atoms with van der Waals surface area (Å²) >= 11 is 0. The summed E-state index contributed by atoms with van der Waals surface area (Å²) < 4.78 is 20.8. The van der Waals surface area contributed by atoms with Crippen molar-refractivity contribution < 1.29 is 23.7 Å². The number of amides is 1. The Kier molecular flexibility index (Phi) is 10.5. The number of ether oxygens (including phenoxy) is 4. The maximum absolute atomic E-state index is 11.8. The Morgan fingerprint density at radius 3 is 2.43 bits per heavy atom. The zero-order chi connectivity index (χ0) is 16.3. The Labute approximate surface area is 128 Å². The van der Waals surface area contributed by atoms with E-state index in [1.807, 2.05) is 0 Å². The number of nitrogens with one attached hydrogen (secondary N) is 1. The zero-order valence-electron chi connectivity index (χ0n) is 13.5. The van der Waals surface area contributed by atoms with E-state index >= 15 is 0 Å². The number of hydrogen-bond donors (Lipinski definition) is 2. The lowest BCUT2D eigenvalue weighted by Gasteiger charge is -2.32. The largest absolute Gasteiger partial charge is 0.385 e. The number of carbonyl (C=O) groups excluding carboxylic acids is 1. The number of rotatable bonds is 11. The normalized spacial score (nSPS) is 15.1. The van der Waals surface area contributed by atoms with Crippen molar-refractivity contribution in [3.05, 3.63) is 12.2 Å². The molecule has 0 rings (SSSR count). The first kappa shape index (κ1) is 20.2. The standard InChI is InChI=1S/C13H28N2O5Si/c1-11(18-3)13(19-4,20-5)8-7-12(16)15-21(14)10-6-9-17-2/h7-8,11,21H,6,9-10,14H2,1-5H3,(H,15,16). The van der Waals surface area contributed by atoms with Gasteiger partial charge >= 0.3 is 0 Å². The van der Waals surface area contributed by atoms with Crippen LogP contribution in [0.4, 0.5) is 0 Å². The molecule has 0 aromatic rings. The Morgan fingerprint density at radius 1 is 1.33 bits per heavy atom. The van der Waals surface area contributed by atoms with Crippen molar-refractivity contribution in [3.63, 3.8) is 0 Å². The predicted molar refractivity (Wildman–Crippen MR) is 83.1 cm³/mol.